The Hall–Kier alpha value is -0.557. The fraction of sp³-hybridized carbons (Fsp3) is 0.250. The molecule has 80 valence electrons. The first-order valence-electron chi connectivity index (χ1n) is 3.50. The molecule has 0 atom stereocenters. The zero-order valence-corrected chi connectivity index (χ0v) is 13.1. The molecular weight excluding hydrogens is 290 g/mol. The summed E-state index contributed by atoms with van der Waals surface area (Å²) in [7, 11) is 3.60. The fourth-order valence-corrected chi connectivity index (χ4v) is 0.932. The first kappa shape index (κ1) is 19.9. The van der Waals surface area contributed by atoms with Gasteiger partial charge in [-0.2, -0.15) is 0 Å². The number of diazo groups is 1. The predicted octanol–water partition coefficient (Wildman–Crippen LogP) is -0.634. The first-order valence-corrected chi connectivity index (χ1v) is 3.50. The summed E-state index contributed by atoms with van der Waals surface area (Å²) in [5.41, 5.74) is 1.06. The van der Waals surface area contributed by atoms with Gasteiger partial charge in [0, 0.05) is 39.6 Å². The third-order valence-electron chi connectivity index (χ3n) is 1.56. The Balaban J connectivity index is -0.000000480. The maximum atomic E-state index is 9.34. The molecule has 0 bridgehead atoms. The molecular formula is C8H11Cl2N3OZn. The molecule has 0 aromatic heterocycles. The van der Waals surface area contributed by atoms with E-state index >= 15 is 0 Å². The van der Waals surface area contributed by atoms with Crippen LogP contribution in [0.2, 0.25) is 0 Å². The van der Waals surface area contributed by atoms with Crippen LogP contribution in [0, 0.1) is 5.39 Å². The van der Waals surface area contributed by atoms with Crippen LogP contribution in [-0.4, -0.2) is 19.2 Å². The van der Waals surface area contributed by atoms with E-state index < -0.39 is 0 Å². The number of halogens is 2. The van der Waals surface area contributed by atoms with Crippen LogP contribution in [0.3, 0.4) is 0 Å². The molecule has 0 radical (unpaired) electrons. The van der Waals surface area contributed by atoms with Crippen molar-refractivity contribution in [2.24, 2.45) is 0 Å². The average Bonchev–Trinajstić information content (AvgIpc) is 2.05. The summed E-state index contributed by atoms with van der Waals surface area (Å²) < 4.78 is 0. The minimum atomic E-state index is 0. The van der Waals surface area contributed by atoms with E-state index in [9.17, 15) is 5.11 Å². The van der Waals surface area contributed by atoms with Gasteiger partial charge in [-0.15, -0.1) is 12.4 Å². The summed E-state index contributed by atoms with van der Waals surface area (Å²) in [4.78, 5) is 4.76. The van der Waals surface area contributed by atoms with Gasteiger partial charge >= 0.3 is 5.69 Å². The van der Waals surface area contributed by atoms with Crippen molar-refractivity contribution >= 4 is 23.8 Å². The molecule has 0 unspecified atom stereocenters. The molecule has 0 aliphatic rings. The SMILES string of the molecule is CN(C)c1cc([N+]#N)ccc1O.Cl.[Cl-].[Zn]. The van der Waals surface area contributed by atoms with Gasteiger partial charge in [-0.05, 0) is 6.07 Å². The molecule has 0 saturated carbocycles. The number of phenols is 1. The average molecular weight is 301 g/mol. The largest absolute Gasteiger partial charge is 1.00 e. The summed E-state index contributed by atoms with van der Waals surface area (Å²) in [6, 6.07) is 4.61. The molecule has 15 heavy (non-hydrogen) atoms. The number of hydrogen-bond acceptors (Lipinski definition) is 3. The van der Waals surface area contributed by atoms with Crippen LogP contribution in [0.5, 0.6) is 5.75 Å². The summed E-state index contributed by atoms with van der Waals surface area (Å²) >= 11 is 0. The maximum Gasteiger partial charge on any atom is 0.387 e. The Morgan fingerprint density at radius 1 is 1.33 bits per heavy atom. The van der Waals surface area contributed by atoms with Gasteiger partial charge in [0.15, 0.2) is 4.98 Å². The summed E-state index contributed by atoms with van der Waals surface area (Å²) in [6.45, 7) is 0. The molecule has 0 spiro atoms. The first-order chi connectivity index (χ1) is 5.65. The van der Waals surface area contributed by atoms with Crippen molar-refractivity contribution in [3.8, 4) is 5.75 Å². The van der Waals surface area contributed by atoms with E-state index in [1.165, 1.54) is 12.1 Å². The van der Waals surface area contributed by atoms with Crippen molar-refractivity contribution in [3.05, 3.63) is 23.2 Å². The van der Waals surface area contributed by atoms with Crippen LogP contribution in [0.4, 0.5) is 11.4 Å². The van der Waals surface area contributed by atoms with Crippen molar-refractivity contribution in [1.82, 2.24) is 0 Å². The standard InChI is InChI=1S/C8H9N3O.2ClH.Zn/c1-11(2)7-5-6(10-9)3-4-8(7)12;;;/h3-5H,1-2H3;2*1H;. The molecule has 0 saturated heterocycles. The predicted molar refractivity (Wildman–Crippen MR) is 54.4 cm³/mol. The van der Waals surface area contributed by atoms with Crippen molar-refractivity contribution in [3.63, 3.8) is 0 Å². The normalized spacial score (nSPS) is 7.27. The molecule has 0 fully saturated rings. The number of benzene rings is 1. The van der Waals surface area contributed by atoms with Crippen molar-refractivity contribution < 1.29 is 37.0 Å². The molecule has 1 aromatic rings. The van der Waals surface area contributed by atoms with Crippen LogP contribution in [0.1, 0.15) is 0 Å². The third kappa shape index (κ3) is 5.18. The van der Waals surface area contributed by atoms with Gasteiger partial charge < -0.3 is 22.4 Å². The van der Waals surface area contributed by atoms with E-state index in [1.54, 1.807) is 25.1 Å². The summed E-state index contributed by atoms with van der Waals surface area (Å²) in [5.74, 6) is 0.174. The molecule has 0 aliphatic carbocycles. The van der Waals surface area contributed by atoms with Gasteiger partial charge in [0.2, 0.25) is 5.39 Å². The van der Waals surface area contributed by atoms with E-state index in [1.807, 2.05) is 0 Å². The second-order valence-electron chi connectivity index (χ2n) is 2.67. The Bertz CT molecular complexity index is 341. The zero-order chi connectivity index (χ0) is 9.14. The van der Waals surface area contributed by atoms with E-state index in [-0.39, 0.29) is 50.0 Å². The molecule has 0 aliphatic heterocycles. The second-order valence-corrected chi connectivity index (χ2v) is 2.67. The number of rotatable bonds is 1. The van der Waals surface area contributed by atoms with Crippen LogP contribution >= 0.6 is 12.4 Å². The van der Waals surface area contributed by atoms with Gasteiger partial charge in [0.25, 0.3) is 0 Å². The number of anilines is 1. The minimum absolute atomic E-state index is 0. The Labute approximate surface area is 114 Å². The molecule has 1 N–H and O–H groups in total. The molecule has 0 amide bonds. The molecule has 1 rings (SSSR count). The van der Waals surface area contributed by atoms with Gasteiger partial charge in [-0.1, -0.05) is 0 Å². The third-order valence-corrected chi connectivity index (χ3v) is 1.56. The summed E-state index contributed by atoms with van der Waals surface area (Å²) in [6.07, 6.45) is 0. The van der Waals surface area contributed by atoms with Crippen molar-refractivity contribution in [2.45, 2.75) is 0 Å². The Morgan fingerprint density at radius 2 is 1.87 bits per heavy atom. The van der Waals surface area contributed by atoms with E-state index in [0.29, 0.717) is 11.4 Å². The Morgan fingerprint density at radius 3 is 2.27 bits per heavy atom. The van der Waals surface area contributed by atoms with Crippen molar-refractivity contribution in [1.29, 1.82) is 5.39 Å². The number of phenolic OH excluding ortho intramolecular Hbond substituents is 1. The number of hydrogen-bond donors (Lipinski definition) is 1. The fourth-order valence-electron chi connectivity index (χ4n) is 0.932. The van der Waals surface area contributed by atoms with Crippen LogP contribution in [-0.2, 0) is 19.5 Å². The van der Waals surface area contributed by atoms with Gasteiger partial charge in [0.05, 0.1) is 11.8 Å². The van der Waals surface area contributed by atoms with Crippen LogP contribution in [0.25, 0.3) is 4.98 Å². The number of nitrogens with zero attached hydrogens (tertiary/aromatic N) is 3. The van der Waals surface area contributed by atoms with Crippen LogP contribution in [0.15, 0.2) is 18.2 Å². The monoisotopic (exact) mass is 299 g/mol. The smallest absolute Gasteiger partial charge is 0.387 e. The number of aromatic hydroxyl groups is 1. The minimum Gasteiger partial charge on any atom is -1.00 e. The maximum absolute atomic E-state index is 9.34. The van der Waals surface area contributed by atoms with Gasteiger partial charge in [-0.3, -0.25) is 0 Å². The van der Waals surface area contributed by atoms with Crippen molar-refractivity contribution in [2.75, 3.05) is 19.0 Å². The van der Waals surface area contributed by atoms with E-state index in [2.05, 4.69) is 4.98 Å². The molecule has 7 heteroatoms. The molecule has 1 aromatic carbocycles. The van der Waals surface area contributed by atoms with Gasteiger partial charge in [0.1, 0.15) is 5.75 Å². The topological polar surface area (TPSA) is 51.6 Å². The van der Waals surface area contributed by atoms with Crippen LogP contribution < -0.4 is 17.3 Å². The molecule has 0 heterocycles. The second kappa shape index (κ2) is 8.73. The van der Waals surface area contributed by atoms with E-state index in [4.69, 9.17) is 5.39 Å². The van der Waals surface area contributed by atoms with Gasteiger partial charge in [-0.25, -0.2) is 0 Å². The summed E-state index contributed by atoms with van der Waals surface area (Å²) in [5, 5.41) is 17.8. The quantitative estimate of drug-likeness (QED) is 0.555. The zero-order valence-electron chi connectivity index (χ0n) is 8.51. The van der Waals surface area contributed by atoms with E-state index in [0.717, 1.165) is 0 Å². The Kier molecular flexibility index (Phi) is 11.6. The molecule has 4 nitrogen and oxygen atoms in total.